The molecule has 0 fully saturated rings. The summed E-state index contributed by atoms with van der Waals surface area (Å²) in [6.45, 7) is 0.543. The number of hydrogen-bond donors (Lipinski definition) is 2. The van der Waals surface area contributed by atoms with E-state index in [0.29, 0.717) is 19.4 Å². The predicted octanol–water partition coefficient (Wildman–Crippen LogP) is 4.15. The molecule has 0 aliphatic rings. The second kappa shape index (κ2) is 8.71. The topological polar surface area (TPSA) is 75.1 Å². The number of carbonyl (C=O) groups excluding carboxylic acids is 1. The van der Waals surface area contributed by atoms with Crippen molar-refractivity contribution in [2.24, 2.45) is 0 Å². The number of ketones is 1. The highest BCUT2D eigenvalue weighted by atomic mass is 16.3. The lowest BCUT2D eigenvalue weighted by atomic mass is 9.98. The van der Waals surface area contributed by atoms with Gasteiger partial charge in [0.05, 0.1) is 12.3 Å². The van der Waals surface area contributed by atoms with E-state index in [4.69, 9.17) is 4.42 Å². The molecule has 4 aromatic rings. The number of furan rings is 1. The number of aromatic amines is 1. The molecule has 2 aromatic heterocycles. The Kier molecular flexibility index (Phi) is 5.68. The Morgan fingerprint density at radius 1 is 1.00 bits per heavy atom. The van der Waals surface area contributed by atoms with Crippen LogP contribution in [-0.4, -0.2) is 10.8 Å². The van der Waals surface area contributed by atoms with Crippen LogP contribution in [0.25, 0.3) is 10.9 Å². The van der Waals surface area contributed by atoms with Gasteiger partial charge in [0, 0.05) is 31.0 Å². The molecule has 29 heavy (non-hydrogen) atoms. The second-order valence-corrected chi connectivity index (χ2v) is 7.01. The lowest BCUT2D eigenvalue weighted by Crippen LogP contribution is -2.28. The van der Waals surface area contributed by atoms with Gasteiger partial charge in [-0.25, -0.2) is 0 Å². The van der Waals surface area contributed by atoms with Crippen LogP contribution in [-0.2, 0) is 17.8 Å². The molecule has 1 atom stereocenters. The van der Waals surface area contributed by atoms with E-state index in [2.05, 4.69) is 10.3 Å². The van der Waals surface area contributed by atoms with Gasteiger partial charge in [-0.3, -0.25) is 14.9 Å². The standard InChI is InChI=1S/C24H22N2O3/c27-22(12-10-20-7-4-14-29-20)24(18-5-2-1-3-6-18)25-16-17-8-11-21-19(15-17)9-13-23(28)26-21/h1-9,11,13-15,24-25H,10,12,16H2,(H,26,28)/t24-/m1/s1. The Bertz CT molecular complexity index is 1150. The largest absolute Gasteiger partial charge is 0.469 e. The fourth-order valence-electron chi connectivity index (χ4n) is 3.44. The number of aryl methyl sites for hydroxylation is 1. The number of carbonyl (C=O) groups is 1. The number of nitrogens with one attached hydrogen (secondary N) is 2. The van der Waals surface area contributed by atoms with Gasteiger partial charge >= 0.3 is 0 Å². The van der Waals surface area contributed by atoms with E-state index in [1.807, 2.05) is 60.7 Å². The van der Waals surface area contributed by atoms with Gasteiger partial charge in [-0.2, -0.15) is 0 Å². The molecule has 5 heteroatoms. The van der Waals surface area contributed by atoms with Gasteiger partial charge in [0.25, 0.3) is 0 Å². The molecule has 0 amide bonds. The molecular formula is C24H22N2O3. The molecule has 4 rings (SSSR count). The maximum Gasteiger partial charge on any atom is 0.248 e. The van der Waals surface area contributed by atoms with Gasteiger partial charge in [0.15, 0.2) is 5.78 Å². The Hall–Kier alpha value is -3.44. The summed E-state index contributed by atoms with van der Waals surface area (Å²) >= 11 is 0. The van der Waals surface area contributed by atoms with Crippen LogP contribution in [0.15, 0.2) is 88.3 Å². The van der Waals surface area contributed by atoms with Crippen molar-refractivity contribution in [2.45, 2.75) is 25.4 Å². The van der Waals surface area contributed by atoms with Crippen LogP contribution < -0.4 is 10.9 Å². The minimum atomic E-state index is -0.391. The van der Waals surface area contributed by atoms with E-state index >= 15 is 0 Å². The number of benzene rings is 2. The van der Waals surface area contributed by atoms with E-state index in [1.165, 1.54) is 6.07 Å². The third kappa shape index (κ3) is 4.70. The number of hydrogen-bond acceptors (Lipinski definition) is 4. The van der Waals surface area contributed by atoms with E-state index in [0.717, 1.165) is 27.8 Å². The Labute approximate surface area is 168 Å². The molecule has 2 N–H and O–H groups in total. The Morgan fingerprint density at radius 2 is 1.86 bits per heavy atom. The second-order valence-electron chi connectivity index (χ2n) is 7.01. The summed E-state index contributed by atoms with van der Waals surface area (Å²) in [4.78, 5) is 27.2. The quantitative estimate of drug-likeness (QED) is 0.477. The van der Waals surface area contributed by atoms with Gasteiger partial charge in [0.2, 0.25) is 5.56 Å². The van der Waals surface area contributed by atoms with Crippen LogP contribution in [0.3, 0.4) is 0 Å². The van der Waals surface area contributed by atoms with Gasteiger partial charge in [-0.15, -0.1) is 0 Å². The lowest BCUT2D eigenvalue weighted by molar-refractivity contribution is -0.121. The number of H-pyrrole nitrogens is 1. The lowest BCUT2D eigenvalue weighted by Gasteiger charge is -2.18. The summed E-state index contributed by atoms with van der Waals surface area (Å²) < 4.78 is 5.35. The third-order valence-electron chi connectivity index (χ3n) is 4.95. The van der Waals surface area contributed by atoms with E-state index in [-0.39, 0.29) is 11.3 Å². The van der Waals surface area contributed by atoms with Crippen LogP contribution in [0.5, 0.6) is 0 Å². The summed E-state index contributed by atoms with van der Waals surface area (Å²) in [5, 5.41) is 4.37. The fraction of sp³-hybridized carbons (Fsp3) is 0.167. The van der Waals surface area contributed by atoms with Crippen molar-refractivity contribution in [3.8, 4) is 0 Å². The third-order valence-corrected chi connectivity index (χ3v) is 4.95. The fourth-order valence-corrected chi connectivity index (χ4v) is 3.44. The average molecular weight is 386 g/mol. The van der Waals surface area contributed by atoms with Gasteiger partial charge in [-0.1, -0.05) is 36.4 Å². The molecule has 5 nitrogen and oxygen atoms in total. The average Bonchev–Trinajstić information content (AvgIpc) is 3.27. The first kappa shape index (κ1) is 18.9. The molecule has 0 bridgehead atoms. The minimum absolute atomic E-state index is 0.116. The van der Waals surface area contributed by atoms with Crippen LogP contribution in [0.1, 0.15) is 29.3 Å². The number of aromatic nitrogens is 1. The Morgan fingerprint density at radius 3 is 2.66 bits per heavy atom. The predicted molar refractivity (Wildman–Crippen MR) is 113 cm³/mol. The van der Waals surface area contributed by atoms with Gasteiger partial charge in [-0.05, 0) is 46.8 Å². The smallest absolute Gasteiger partial charge is 0.248 e. The maximum absolute atomic E-state index is 13.0. The molecule has 0 radical (unpaired) electrons. The van der Waals surface area contributed by atoms with Crippen molar-refractivity contribution in [1.82, 2.24) is 10.3 Å². The first-order valence-corrected chi connectivity index (χ1v) is 9.64. The van der Waals surface area contributed by atoms with Crippen LogP contribution in [0, 0.1) is 0 Å². The highest BCUT2D eigenvalue weighted by Gasteiger charge is 2.20. The zero-order chi connectivity index (χ0) is 20.1. The number of rotatable bonds is 8. The zero-order valence-corrected chi connectivity index (χ0v) is 15.9. The van der Waals surface area contributed by atoms with Crippen molar-refractivity contribution in [2.75, 3.05) is 0 Å². The van der Waals surface area contributed by atoms with Crippen molar-refractivity contribution in [3.63, 3.8) is 0 Å². The van der Waals surface area contributed by atoms with E-state index < -0.39 is 6.04 Å². The van der Waals surface area contributed by atoms with Crippen molar-refractivity contribution < 1.29 is 9.21 Å². The first-order valence-electron chi connectivity index (χ1n) is 9.64. The zero-order valence-electron chi connectivity index (χ0n) is 15.9. The molecule has 2 heterocycles. The normalized spacial score (nSPS) is 12.1. The first-order chi connectivity index (χ1) is 14.2. The molecule has 0 saturated heterocycles. The van der Waals surface area contributed by atoms with Crippen molar-refractivity contribution in [3.05, 3.63) is 106 Å². The van der Waals surface area contributed by atoms with Crippen LogP contribution in [0.4, 0.5) is 0 Å². The molecule has 0 unspecified atom stereocenters. The SMILES string of the molecule is O=C(CCc1ccco1)[C@H](NCc1ccc2[nH]c(=O)ccc2c1)c1ccccc1. The van der Waals surface area contributed by atoms with Crippen LogP contribution >= 0.6 is 0 Å². The highest BCUT2D eigenvalue weighted by molar-refractivity contribution is 5.85. The summed E-state index contributed by atoms with van der Waals surface area (Å²) in [6.07, 6.45) is 2.61. The number of Topliss-reactive ketones (excluding diaryl/α,β-unsaturated/α-hetero) is 1. The summed E-state index contributed by atoms with van der Waals surface area (Å²) in [5.41, 5.74) is 2.68. The van der Waals surface area contributed by atoms with E-state index in [1.54, 1.807) is 12.3 Å². The maximum atomic E-state index is 13.0. The highest BCUT2D eigenvalue weighted by Crippen LogP contribution is 2.19. The molecule has 0 spiro atoms. The molecule has 146 valence electrons. The minimum Gasteiger partial charge on any atom is -0.469 e. The number of fused-ring (bicyclic) bond motifs is 1. The summed E-state index contributed by atoms with van der Waals surface area (Å²) in [6, 6.07) is 22.3. The summed E-state index contributed by atoms with van der Waals surface area (Å²) in [5.74, 6) is 0.936. The molecule has 0 aliphatic heterocycles. The molecule has 0 aliphatic carbocycles. The van der Waals surface area contributed by atoms with Crippen LogP contribution in [0.2, 0.25) is 0 Å². The molecular weight excluding hydrogens is 364 g/mol. The van der Waals surface area contributed by atoms with Crippen molar-refractivity contribution >= 4 is 16.7 Å². The molecule has 2 aromatic carbocycles. The van der Waals surface area contributed by atoms with E-state index in [9.17, 15) is 9.59 Å². The van der Waals surface area contributed by atoms with Gasteiger partial charge < -0.3 is 9.40 Å². The van der Waals surface area contributed by atoms with Gasteiger partial charge in [0.1, 0.15) is 5.76 Å². The Balaban J connectivity index is 1.50. The summed E-state index contributed by atoms with van der Waals surface area (Å²) in [7, 11) is 0. The monoisotopic (exact) mass is 386 g/mol. The number of pyridine rings is 1. The molecule has 0 saturated carbocycles. The van der Waals surface area contributed by atoms with Crippen molar-refractivity contribution in [1.29, 1.82) is 0 Å².